The molecule has 7 heteroatoms. The van der Waals surface area contributed by atoms with Crippen molar-refractivity contribution in [2.45, 2.75) is 6.92 Å². The van der Waals surface area contributed by atoms with E-state index in [1.165, 1.54) is 18.8 Å². The Hall–Kier alpha value is -1.73. The predicted molar refractivity (Wildman–Crippen MR) is 75.1 cm³/mol. The second kappa shape index (κ2) is 5.72. The largest absolute Gasteiger partial charge is 0.295 e. The molecule has 1 heterocycles. The van der Waals surface area contributed by atoms with Crippen LogP contribution >= 0.6 is 15.9 Å². The van der Waals surface area contributed by atoms with Crippen molar-refractivity contribution in [1.29, 1.82) is 0 Å². The maximum atomic E-state index is 14.2. The Morgan fingerprint density at radius 2 is 2.20 bits per heavy atom. The van der Waals surface area contributed by atoms with Crippen molar-refractivity contribution in [2.24, 2.45) is 0 Å². The minimum absolute atomic E-state index is 0.195. The molecule has 1 amide bonds. The molecule has 0 radical (unpaired) electrons. The fourth-order valence-electron chi connectivity index (χ4n) is 1.74. The van der Waals surface area contributed by atoms with E-state index in [4.69, 9.17) is 4.84 Å². The standard InChI is InChI=1S/C13H13BrFN3O2/c1-8-7-11(13(19)17(2)20-3)18(16-8)10-6-4-5-9(14)12(10)15/h4-7H,1-3H3. The summed E-state index contributed by atoms with van der Waals surface area (Å²) in [6.07, 6.45) is 0. The van der Waals surface area contributed by atoms with Gasteiger partial charge in [-0.2, -0.15) is 5.10 Å². The number of aryl methyl sites for hydroxylation is 1. The summed E-state index contributed by atoms with van der Waals surface area (Å²) in [6.45, 7) is 1.73. The highest BCUT2D eigenvalue weighted by Gasteiger charge is 2.21. The molecule has 0 aliphatic heterocycles. The van der Waals surface area contributed by atoms with E-state index in [0.717, 1.165) is 5.06 Å². The smallest absolute Gasteiger partial charge is 0.274 e. The van der Waals surface area contributed by atoms with Crippen LogP contribution in [0.15, 0.2) is 28.7 Å². The number of amides is 1. The fraction of sp³-hybridized carbons (Fsp3) is 0.231. The zero-order chi connectivity index (χ0) is 14.9. The first kappa shape index (κ1) is 14.7. The highest BCUT2D eigenvalue weighted by molar-refractivity contribution is 9.10. The summed E-state index contributed by atoms with van der Waals surface area (Å²) in [5.41, 5.74) is 1.03. The third kappa shape index (κ3) is 2.59. The molecule has 0 fully saturated rings. The average molecular weight is 342 g/mol. The van der Waals surface area contributed by atoms with Gasteiger partial charge in [-0.25, -0.2) is 14.1 Å². The molecule has 0 atom stereocenters. The average Bonchev–Trinajstić information content (AvgIpc) is 2.82. The lowest BCUT2D eigenvalue weighted by molar-refractivity contribution is -0.0762. The number of carbonyl (C=O) groups excluding carboxylic acids is 1. The summed E-state index contributed by atoms with van der Waals surface area (Å²) in [4.78, 5) is 17.0. The molecule has 2 aromatic rings. The van der Waals surface area contributed by atoms with Gasteiger partial charge in [0.05, 0.1) is 17.3 Å². The zero-order valence-corrected chi connectivity index (χ0v) is 12.8. The Bertz CT molecular complexity index is 657. The first-order valence-corrected chi connectivity index (χ1v) is 6.58. The molecule has 20 heavy (non-hydrogen) atoms. The molecule has 0 aliphatic carbocycles. The van der Waals surface area contributed by atoms with Crippen LogP contribution in [0.2, 0.25) is 0 Å². The molecule has 0 bridgehead atoms. The van der Waals surface area contributed by atoms with E-state index in [9.17, 15) is 9.18 Å². The van der Waals surface area contributed by atoms with Crippen molar-refractivity contribution in [3.63, 3.8) is 0 Å². The second-order valence-corrected chi connectivity index (χ2v) is 5.00. The number of hydroxylamine groups is 2. The van der Waals surface area contributed by atoms with Gasteiger partial charge < -0.3 is 0 Å². The van der Waals surface area contributed by atoms with E-state index in [-0.39, 0.29) is 11.4 Å². The third-order valence-electron chi connectivity index (χ3n) is 2.77. The predicted octanol–water partition coefficient (Wildman–Crippen LogP) is 2.72. The maximum absolute atomic E-state index is 14.2. The molecule has 5 nitrogen and oxygen atoms in total. The zero-order valence-electron chi connectivity index (χ0n) is 11.2. The van der Waals surface area contributed by atoms with Crippen LogP contribution < -0.4 is 0 Å². The van der Waals surface area contributed by atoms with E-state index in [0.29, 0.717) is 10.2 Å². The van der Waals surface area contributed by atoms with Gasteiger partial charge in [0.15, 0.2) is 5.82 Å². The monoisotopic (exact) mass is 341 g/mol. The number of hydrogen-bond donors (Lipinski definition) is 0. The molecule has 106 valence electrons. The second-order valence-electron chi connectivity index (χ2n) is 4.14. The SMILES string of the molecule is CON(C)C(=O)c1cc(C)nn1-c1cccc(Br)c1F. The number of halogens is 2. The first-order valence-electron chi connectivity index (χ1n) is 5.79. The molecule has 2 rings (SSSR count). The minimum atomic E-state index is -0.482. The molecule has 1 aromatic heterocycles. The Morgan fingerprint density at radius 1 is 1.50 bits per heavy atom. The molecule has 0 spiro atoms. The van der Waals surface area contributed by atoms with Gasteiger partial charge in [-0.15, -0.1) is 0 Å². The lowest BCUT2D eigenvalue weighted by atomic mass is 10.3. The van der Waals surface area contributed by atoms with Crippen LogP contribution in [0.25, 0.3) is 5.69 Å². The van der Waals surface area contributed by atoms with Gasteiger partial charge in [0, 0.05) is 7.05 Å². The van der Waals surface area contributed by atoms with Crippen LogP contribution in [0.5, 0.6) is 0 Å². The van der Waals surface area contributed by atoms with Gasteiger partial charge >= 0.3 is 0 Å². The Balaban J connectivity index is 2.58. The maximum Gasteiger partial charge on any atom is 0.295 e. The first-order chi connectivity index (χ1) is 9.45. The number of rotatable bonds is 3. The van der Waals surface area contributed by atoms with E-state index < -0.39 is 11.7 Å². The van der Waals surface area contributed by atoms with E-state index in [1.807, 2.05) is 0 Å². The normalized spacial score (nSPS) is 10.7. The van der Waals surface area contributed by atoms with E-state index in [1.54, 1.807) is 31.2 Å². The summed E-state index contributed by atoms with van der Waals surface area (Å²) in [5, 5.41) is 5.23. The van der Waals surface area contributed by atoms with Crippen LogP contribution in [-0.2, 0) is 4.84 Å². The third-order valence-corrected chi connectivity index (χ3v) is 3.38. The molecule has 0 N–H and O–H groups in total. The summed E-state index contributed by atoms with van der Waals surface area (Å²) in [6, 6.07) is 6.39. The highest BCUT2D eigenvalue weighted by Crippen LogP contribution is 2.23. The van der Waals surface area contributed by atoms with Crippen molar-refractivity contribution in [2.75, 3.05) is 14.2 Å². The quantitative estimate of drug-likeness (QED) is 0.806. The Labute approximate surface area is 124 Å². The summed E-state index contributed by atoms with van der Waals surface area (Å²) in [7, 11) is 2.86. The van der Waals surface area contributed by atoms with Gasteiger partial charge in [0.2, 0.25) is 0 Å². The fourth-order valence-corrected chi connectivity index (χ4v) is 2.09. The summed E-state index contributed by atoms with van der Waals surface area (Å²) < 4.78 is 15.7. The Morgan fingerprint density at radius 3 is 2.85 bits per heavy atom. The minimum Gasteiger partial charge on any atom is -0.274 e. The molecule has 0 unspecified atom stereocenters. The number of hydrogen-bond acceptors (Lipinski definition) is 3. The van der Waals surface area contributed by atoms with Gasteiger partial charge in [0.25, 0.3) is 5.91 Å². The van der Waals surface area contributed by atoms with Crippen LogP contribution in [0.4, 0.5) is 4.39 Å². The van der Waals surface area contributed by atoms with E-state index in [2.05, 4.69) is 21.0 Å². The molecule has 0 saturated carbocycles. The molecule has 0 saturated heterocycles. The lowest BCUT2D eigenvalue weighted by Crippen LogP contribution is -2.27. The van der Waals surface area contributed by atoms with Gasteiger partial charge in [-0.1, -0.05) is 6.07 Å². The number of carbonyl (C=O) groups is 1. The van der Waals surface area contributed by atoms with Gasteiger partial charge in [0.1, 0.15) is 11.4 Å². The molecular weight excluding hydrogens is 329 g/mol. The van der Waals surface area contributed by atoms with Crippen molar-refractivity contribution in [1.82, 2.24) is 14.8 Å². The Kier molecular flexibility index (Phi) is 4.20. The van der Waals surface area contributed by atoms with Crippen LogP contribution in [0.1, 0.15) is 16.2 Å². The van der Waals surface area contributed by atoms with Gasteiger partial charge in [-0.05, 0) is 41.1 Å². The summed E-state index contributed by atoms with van der Waals surface area (Å²) in [5.74, 6) is -0.891. The molecule has 1 aromatic carbocycles. The van der Waals surface area contributed by atoms with Crippen molar-refractivity contribution in [3.05, 3.63) is 45.9 Å². The lowest BCUT2D eigenvalue weighted by Gasteiger charge is -2.15. The van der Waals surface area contributed by atoms with Crippen LogP contribution in [-0.4, -0.2) is 34.9 Å². The van der Waals surface area contributed by atoms with Crippen molar-refractivity contribution in [3.8, 4) is 5.69 Å². The van der Waals surface area contributed by atoms with Crippen LogP contribution in [0.3, 0.4) is 0 Å². The highest BCUT2D eigenvalue weighted by atomic mass is 79.9. The van der Waals surface area contributed by atoms with E-state index >= 15 is 0 Å². The van der Waals surface area contributed by atoms with Crippen molar-refractivity contribution < 1.29 is 14.0 Å². The molecular formula is C13H13BrFN3O2. The van der Waals surface area contributed by atoms with Crippen LogP contribution in [0, 0.1) is 12.7 Å². The number of nitrogens with zero attached hydrogens (tertiary/aromatic N) is 3. The number of aromatic nitrogens is 2. The summed E-state index contributed by atoms with van der Waals surface area (Å²) >= 11 is 3.12. The topological polar surface area (TPSA) is 47.4 Å². The molecule has 0 aliphatic rings. The number of benzene rings is 1. The van der Waals surface area contributed by atoms with Crippen molar-refractivity contribution >= 4 is 21.8 Å². The van der Waals surface area contributed by atoms with Gasteiger partial charge in [-0.3, -0.25) is 9.63 Å².